The van der Waals surface area contributed by atoms with Crippen molar-refractivity contribution in [1.82, 2.24) is 0 Å². The molecule has 0 aromatic heterocycles. The number of hydrogen-bond donors (Lipinski definition) is 0. The largest absolute Gasteiger partial charge is 0.465 e. The van der Waals surface area contributed by atoms with Gasteiger partial charge in [-0.1, -0.05) is 25.5 Å². The molecule has 0 saturated carbocycles. The maximum atomic E-state index is 11.7. The summed E-state index contributed by atoms with van der Waals surface area (Å²) in [7, 11) is 0. The fourth-order valence-electron chi connectivity index (χ4n) is 1.68. The molecule has 0 aliphatic rings. The molecule has 0 bridgehead atoms. The molecule has 104 valence electrons. The fourth-order valence-corrected chi connectivity index (χ4v) is 1.68. The average Bonchev–Trinajstić information content (AvgIpc) is 2.32. The van der Waals surface area contributed by atoms with Gasteiger partial charge in [0.25, 0.3) is 0 Å². The first-order valence-electron chi connectivity index (χ1n) is 6.89. The third kappa shape index (κ3) is 9.03. The van der Waals surface area contributed by atoms with Gasteiger partial charge < -0.3 is 4.74 Å². The van der Waals surface area contributed by atoms with Gasteiger partial charge in [-0.05, 0) is 44.9 Å². The first kappa shape index (κ1) is 16.9. The van der Waals surface area contributed by atoms with Crippen LogP contribution < -0.4 is 0 Å². The molecule has 18 heavy (non-hydrogen) atoms. The van der Waals surface area contributed by atoms with Crippen molar-refractivity contribution in [1.29, 1.82) is 0 Å². The number of allylic oxidation sites excluding steroid dienone is 2. The lowest BCUT2D eigenvalue weighted by Crippen LogP contribution is -2.18. The number of carbonyl (C=O) groups excluding carboxylic acids is 1. The molecule has 2 nitrogen and oxygen atoms in total. The maximum Gasteiger partial charge on any atom is 0.308 e. The summed E-state index contributed by atoms with van der Waals surface area (Å²) in [6.07, 6.45) is 6.80. The molecule has 0 aliphatic carbocycles. The summed E-state index contributed by atoms with van der Waals surface area (Å²) < 4.78 is 5.32. The van der Waals surface area contributed by atoms with Gasteiger partial charge in [0.2, 0.25) is 0 Å². The third-order valence-corrected chi connectivity index (χ3v) is 3.02. The van der Waals surface area contributed by atoms with Crippen LogP contribution in [-0.4, -0.2) is 12.6 Å². The van der Waals surface area contributed by atoms with E-state index in [1.165, 1.54) is 5.57 Å². The lowest BCUT2D eigenvalue weighted by molar-refractivity contribution is -0.149. The molecule has 0 aromatic rings. The van der Waals surface area contributed by atoms with Crippen molar-refractivity contribution in [2.75, 3.05) is 6.61 Å². The molecule has 0 radical (unpaired) electrons. The predicted molar refractivity (Wildman–Crippen MR) is 77.4 cm³/mol. The highest BCUT2D eigenvalue weighted by molar-refractivity contribution is 5.71. The summed E-state index contributed by atoms with van der Waals surface area (Å²) in [4.78, 5) is 11.7. The summed E-state index contributed by atoms with van der Waals surface area (Å²) in [6, 6.07) is 0. The zero-order chi connectivity index (χ0) is 14.0. The summed E-state index contributed by atoms with van der Waals surface area (Å²) in [5.74, 6) is 0.340. The SMILES string of the molecule is C=CCC[C@H](C)COC(=O)[C@H](C)CCCC(=C)C. The highest BCUT2D eigenvalue weighted by atomic mass is 16.5. The van der Waals surface area contributed by atoms with Crippen molar-refractivity contribution in [3.63, 3.8) is 0 Å². The molecule has 0 fully saturated rings. The molecule has 0 saturated heterocycles. The minimum Gasteiger partial charge on any atom is -0.465 e. The van der Waals surface area contributed by atoms with Gasteiger partial charge in [-0.2, -0.15) is 0 Å². The molecule has 0 unspecified atom stereocenters. The van der Waals surface area contributed by atoms with E-state index >= 15 is 0 Å². The minimum absolute atomic E-state index is 0.00375. The molecule has 0 aliphatic heterocycles. The van der Waals surface area contributed by atoms with Crippen LogP contribution in [0.25, 0.3) is 0 Å². The van der Waals surface area contributed by atoms with E-state index in [2.05, 4.69) is 20.1 Å². The number of carbonyl (C=O) groups is 1. The number of esters is 1. The second kappa shape index (κ2) is 9.93. The highest BCUT2D eigenvalue weighted by Gasteiger charge is 2.15. The molecular formula is C16H28O2. The van der Waals surface area contributed by atoms with E-state index < -0.39 is 0 Å². The molecular weight excluding hydrogens is 224 g/mol. The van der Waals surface area contributed by atoms with Crippen LogP contribution in [0.1, 0.15) is 52.9 Å². The lowest BCUT2D eigenvalue weighted by Gasteiger charge is -2.14. The number of rotatable bonds is 10. The molecule has 0 aromatic carbocycles. The maximum absolute atomic E-state index is 11.7. The van der Waals surface area contributed by atoms with Crippen LogP contribution in [0.5, 0.6) is 0 Å². The Hall–Kier alpha value is -1.05. The van der Waals surface area contributed by atoms with Crippen LogP contribution in [0.15, 0.2) is 24.8 Å². The van der Waals surface area contributed by atoms with E-state index in [1.54, 1.807) is 0 Å². The van der Waals surface area contributed by atoms with E-state index in [0.717, 1.165) is 32.1 Å². The Morgan fingerprint density at radius 3 is 2.56 bits per heavy atom. The van der Waals surface area contributed by atoms with E-state index in [9.17, 15) is 4.79 Å². The van der Waals surface area contributed by atoms with Gasteiger partial charge in [0.1, 0.15) is 0 Å². The summed E-state index contributed by atoms with van der Waals surface area (Å²) in [5, 5.41) is 0. The first-order chi connectivity index (χ1) is 8.47. The monoisotopic (exact) mass is 252 g/mol. The van der Waals surface area contributed by atoms with E-state index in [4.69, 9.17) is 4.74 Å². The van der Waals surface area contributed by atoms with Gasteiger partial charge in [-0.15, -0.1) is 13.2 Å². The Morgan fingerprint density at radius 1 is 1.33 bits per heavy atom. The number of hydrogen-bond acceptors (Lipinski definition) is 2. The molecule has 0 heterocycles. The van der Waals surface area contributed by atoms with Crippen molar-refractivity contribution >= 4 is 5.97 Å². The Kier molecular flexibility index (Phi) is 9.35. The minimum atomic E-state index is -0.0674. The lowest BCUT2D eigenvalue weighted by atomic mass is 10.0. The second-order valence-corrected chi connectivity index (χ2v) is 5.35. The van der Waals surface area contributed by atoms with Crippen LogP contribution in [0.2, 0.25) is 0 Å². The average molecular weight is 252 g/mol. The summed E-state index contributed by atoms with van der Waals surface area (Å²) >= 11 is 0. The van der Waals surface area contributed by atoms with Crippen LogP contribution in [0.4, 0.5) is 0 Å². The molecule has 0 spiro atoms. The smallest absolute Gasteiger partial charge is 0.308 e. The molecule has 0 rings (SSSR count). The van der Waals surface area contributed by atoms with Gasteiger partial charge >= 0.3 is 5.97 Å². The number of ether oxygens (including phenoxy) is 1. The normalized spacial score (nSPS) is 13.7. The fraction of sp³-hybridized carbons (Fsp3) is 0.688. The standard InChI is InChI=1S/C16H28O2/c1-6-7-10-14(4)12-18-16(17)15(5)11-8-9-13(2)3/h6,14-15H,1-2,7-12H2,3-5H3/t14-,15+/m0/s1. The zero-order valence-electron chi connectivity index (χ0n) is 12.2. The Balaban J connectivity index is 3.73. The molecule has 0 N–H and O–H groups in total. The summed E-state index contributed by atoms with van der Waals surface area (Å²) in [6.45, 7) is 14.1. The highest BCUT2D eigenvalue weighted by Crippen LogP contribution is 2.14. The van der Waals surface area contributed by atoms with Crippen molar-refractivity contribution in [3.8, 4) is 0 Å². The van der Waals surface area contributed by atoms with Gasteiger partial charge in [-0.3, -0.25) is 4.79 Å². The van der Waals surface area contributed by atoms with E-state index in [-0.39, 0.29) is 11.9 Å². The van der Waals surface area contributed by atoms with Crippen molar-refractivity contribution in [3.05, 3.63) is 24.8 Å². The Labute approximate surface area is 112 Å². The van der Waals surface area contributed by atoms with Crippen LogP contribution in [0, 0.1) is 11.8 Å². The molecule has 2 atom stereocenters. The van der Waals surface area contributed by atoms with Crippen molar-refractivity contribution in [2.45, 2.75) is 52.9 Å². The molecule has 2 heteroatoms. The van der Waals surface area contributed by atoms with Gasteiger partial charge in [0.15, 0.2) is 0 Å². The van der Waals surface area contributed by atoms with E-state index in [1.807, 2.05) is 19.9 Å². The first-order valence-corrected chi connectivity index (χ1v) is 6.89. The van der Waals surface area contributed by atoms with Crippen LogP contribution >= 0.6 is 0 Å². The van der Waals surface area contributed by atoms with Crippen LogP contribution in [-0.2, 0) is 9.53 Å². The second-order valence-electron chi connectivity index (χ2n) is 5.35. The van der Waals surface area contributed by atoms with Gasteiger partial charge in [0, 0.05) is 0 Å². The van der Waals surface area contributed by atoms with Crippen molar-refractivity contribution < 1.29 is 9.53 Å². The Bertz CT molecular complexity index is 268. The van der Waals surface area contributed by atoms with Crippen molar-refractivity contribution in [2.24, 2.45) is 11.8 Å². The predicted octanol–water partition coefficient (Wildman–Crippen LogP) is 4.51. The van der Waals surface area contributed by atoms with Gasteiger partial charge in [-0.25, -0.2) is 0 Å². The van der Waals surface area contributed by atoms with Crippen LogP contribution in [0.3, 0.4) is 0 Å². The third-order valence-electron chi connectivity index (χ3n) is 3.02. The summed E-state index contributed by atoms with van der Waals surface area (Å²) in [5.41, 5.74) is 1.17. The topological polar surface area (TPSA) is 26.3 Å². The zero-order valence-corrected chi connectivity index (χ0v) is 12.2. The van der Waals surface area contributed by atoms with E-state index in [0.29, 0.717) is 12.5 Å². The molecule has 0 amide bonds. The Morgan fingerprint density at radius 2 is 2.00 bits per heavy atom. The van der Waals surface area contributed by atoms with Gasteiger partial charge in [0.05, 0.1) is 12.5 Å². The quantitative estimate of drug-likeness (QED) is 0.422.